The highest BCUT2D eigenvalue weighted by Crippen LogP contribution is 2.65. The van der Waals surface area contributed by atoms with Gasteiger partial charge in [-0.05, 0) is 65.4 Å². The smallest absolute Gasteiger partial charge is 0.289 e. The van der Waals surface area contributed by atoms with E-state index in [4.69, 9.17) is 0 Å². The molecule has 12 heteroatoms. The van der Waals surface area contributed by atoms with E-state index in [-0.39, 0.29) is 35.6 Å². The van der Waals surface area contributed by atoms with Crippen molar-refractivity contribution in [1.29, 1.82) is 0 Å². The first-order valence-corrected chi connectivity index (χ1v) is 18.5. The molecule has 6 atom stereocenters. The molecule has 3 aliphatic carbocycles. The number of hydrogen-bond acceptors (Lipinski definition) is 7. The van der Waals surface area contributed by atoms with Crippen molar-refractivity contribution in [3.05, 3.63) is 42.7 Å². The third kappa shape index (κ3) is 8.36. The lowest BCUT2D eigenvalue weighted by atomic mass is 9.70. The summed E-state index contributed by atoms with van der Waals surface area (Å²) in [6, 6.07) is -0.604. The summed E-state index contributed by atoms with van der Waals surface area (Å²) in [4.78, 5) is 88.1. The van der Waals surface area contributed by atoms with Crippen LogP contribution in [0.15, 0.2) is 37.2 Å². The molecule has 0 radical (unpaired) electrons. The van der Waals surface area contributed by atoms with Gasteiger partial charge >= 0.3 is 0 Å². The third-order valence-corrected chi connectivity index (χ3v) is 11.9. The Labute approximate surface area is 301 Å². The molecule has 5 rings (SSSR count). The van der Waals surface area contributed by atoms with Crippen molar-refractivity contribution >= 4 is 35.3 Å². The first kappa shape index (κ1) is 38.1. The average Bonchev–Trinajstić information content (AvgIpc) is 3.95. The average molecular weight is 705 g/mol. The van der Waals surface area contributed by atoms with Gasteiger partial charge in [-0.2, -0.15) is 0 Å². The van der Waals surface area contributed by atoms with E-state index in [2.05, 4.69) is 46.7 Å². The summed E-state index contributed by atoms with van der Waals surface area (Å²) in [6.07, 6.45) is 11.1. The zero-order chi connectivity index (χ0) is 37.3. The number of ketones is 1. The molecule has 5 amide bonds. The Morgan fingerprint density at radius 1 is 0.980 bits per heavy atom. The maximum atomic E-state index is 14.7. The largest absolute Gasteiger partial charge is 0.346 e. The van der Waals surface area contributed by atoms with Gasteiger partial charge in [0.05, 0.1) is 6.04 Å². The maximum absolute atomic E-state index is 14.7. The quantitative estimate of drug-likeness (QED) is 0.170. The number of aromatic nitrogens is 1. The number of hydrogen-bond donors (Lipinski definition) is 4. The Hall–Kier alpha value is -4.09. The Balaban J connectivity index is 1.38. The summed E-state index contributed by atoms with van der Waals surface area (Å²) in [5.41, 5.74) is -1.10. The maximum Gasteiger partial charge on any atom is 0.289 e. The lowest BCUT2D eigenvalue weighted by Gasteiger charge is -2.42. The van der Waals surface area contributed by atoms with Gasteiger partial charge in [0.1, 0.15) is 18.1 Å². The number of fused-ring (bicyclic) bond motifs is 1. The molecule has 1 aromatic heterocycles. The second-order valence-electron chi connectivity index (χ2n) is 17.2. The highest BCUT2D eigenvalue weighted by molar-refractivity contribution is 6.38. The number of nitrogens with zero attached hydrogens (tertiary/aromatic N) is 2. The number of Topliss-reactive ketones (excluding diaryl/α,β-unsaturated/α-hetero) is 1. The van der Waals surface area contributed by atoms with E-state index < -0.39 is 64.4 Å². The number of carbonyl (C=O) groups is 6. The van der Waals surface area contributed by atoms with Crippen LogP contribution in [0, 0.1) is 34.0 Å². The minimum atomic E-state index is -1.01. The molecule has 0 spiro atoms. The van der Waals surface area contributed by atoms with Gasteiger partial charge in [-0.15, -0.1) is 6.58 Å². The van der Waals surface area contributed by atoms with Crippen molar-refractivity contribution in [3.63, 3.8) is 0 Å². The summed E-state index contributed by atoms with van der Waals surface area (Å²) in [5.74, 6) is -3.01. The van der Waals surface area contributed by atoms with E-state index in [0.717, 1.165) is 44.9 Å². The lowest BCUT2D eigenvalue weighted by Crippen LogP contribution is -2.64. The zero-order valence-corrected chi connectivity index (χ0v) is 31.1. The second kappa shape index (κ2) is 14.9. The van der Waals surface area contributed by atoms with Crippen LogP contribution in [0.1, 0.15) is 103 Å². The number of rotatable bonds is 14. The van der Waals surface area contributed by atoms with Crippen LogP contribution in [0.2, 0.25) is 0 Å². The molecule has 0 bridgehead atoms. The molecular formula is C39H56N6O6. The van der Waals surface area contributed by atoms with Crippen LogP contribution in [0.4, 0.5) is 0 Å². The SMILES string of the molecule is C=CCNC(=O)C(=O)C(CC1CC1)NC(=O)[C@@H]1C2C(CN1C(=O)[C@@H](NC(=O)[C@@H](NC(=O)c1ccncc1)C1(C)CCCCC1)C(C)(C)C)C2(C)C. The highest BCUT2D eigenvalue weighted by atomic mass is 16.2. The van der Waals surface area contributed by atoms with Gasteiger partial charge in [-0.3, -0.25) is 33.8 Å². The lowest BCUT2D eigenvalue weighted by molar-refractivity contribution is -0.147. The molecule has 3 saturated carbocycles. The number of carbonyl (C=O) groups excluding carboxylic acids is 6. The van der Waals surface area contributed by atoms with Gasteiger partial charge in [-0.25, -0.2) is 0 Å². The second-order valence-corrected chi connectivity index (χ2v) is 17.2. The predicted molar refractivity (Wildman–Crippen MR) is 192 cm³/mol. The summed E-state index contributed by atoms with van der Waals surface area (Å²) in [6.45, 7) is 15.8. The molecule has 4 fully saturated rings. The van der Waals surface area contributed by atoms with Gasteiger partial charge in [-0.1, -0.05) is 79.7 Å². The molecule has 1 aliphatic heterocycles. The Morgan fingerprint density at radius 3 is 2.22 bits per heavy atom. The number of nitrogens with one attached hydrogen (secondary N) is 4. The molecule has 1 saturated heterocycles. The van der Waals surface area contributed by atoms with Crippen molar-refractivity contribution in [2.24, 2.45) is 34.0 Å². The van der Waals surface area contributed by atoms with Crippen molar-refractivity contribution in [2.75, 3.05) is 13.1 Å². The van der Waals surface area contributed by atoms with Gasteiger partial charge in [0.2, 0.25) is 23.5 Å². The number of amides is 5. The van der Waals surface area contributed by atoms with Crippen molar-refractivity contribution in [1.82, 2.24) is 31.2 Å². The van der Waals surface area contributed by atoms with Gasteiger partial charge < -0.3 is 26.2 Å². The van der Waals surface area contributed by atoms with Gasteiger partial charge in [0.25, 0.3) is 11.8 Å². The van der Waals surface area contributed by atoms with E-state index in [1.54, 1.807) is 17.0 Å². The molecule has 12 nitrogen and oxygen atoms in total. The monoisotopic (exact) mass is 704 g/mol. The molecule has 51 heavy (non-hydrogen) atoms. The topological polar surface area (TPSA) is 167 Å². The minimum absolute atomic E-state index is 0.0653. The Bertz CT molecular complexity index is 1530. The fourth-order valence-electron chi connectivity index (χ4n) is 8.36. The van der Waals surface area contributed by atoms with E-state index >= 15 is 0 Å². The number of piperidine rings is 1. The third-order valence-electron chi connectivity index (χ3n) is 11.9. The van der Waals surface area contributed by atoms with Crippen molar-refractivity contribution in [3.8, 4) is 0 Å². The summed E-state index contributed by atoms with van der Waals surface area (Å²) < 4.78 is 0. The van der Waals surface area contributed by atoms with Crippen molar-refractivity contribution in [2.45, 2.75) is 117 Å². The first-order chi connectivity index (χ1) is 24.0. The van der Waals surface area contributed by atoms with Crippen LogP contribution in [0.25, 0.3) is 0 Å². The van der Waals surface area contributed by atoms with Crippen LogP contribution in [0.5, 0.6) is 0 Å². The summed E-state index contributed by atoms with van der Waals surface area (Å²) >= 11 is 0. The molecule has 2 heterocycles. The van der Waals surface area contributed by atoms with Crippen LogP contribution in [0.3, 0.4) is 0 Å². The first-order valence-electron chi connectivity index (χ1n) is 18.5. The van der Waals surface area contributed by atoms with Crippen LogP contribution in [-0.2, 0) is 24.0 Å². The fourth-order valence-corrected chi connectivity index (χ4v) is 8.36. The molecule has 0 aromatic carbocycles. The predicted octanol–water partition coefficient (Wildman–Crippen LogP) is 3.32. The van der Waals surface area contributed by atoms with Gasteiger partial charge in [0.15, 0.2) is 0 Å². The van der Waals surface area contributed by atoms with Crippen molar-refractivity contribution < 1.29 is 28.8 Å². The highest BCUT2D eigenvalue weighted by Gasteiger charge is 2.70. The van der Waals surface area contributed by atoms with E-state index in [1.807, 2.05) is 27.7 Å². The molecular weight excluding hydrogens is 648 g/mol. The van der Waals surface area contributed by atoms with Gasteiger partial charge in [0, 0.05) is 31.0 Å². The molecule has 278 valence electrons. The Kier molecular flexibility index (Phi) is 11.1. The zero-order valence-electron chi connectivity index (χ0n) is 31.1. The summed E-state index contributed by atoms with van der Waals surface area (Å²) in [7, 11) is 0. The van der Waals surface area contributed by atoms with Crippen LogP contribution >= 0.6 is 0 Å². The number of likely N-dealkylation sites (tertiary alicyclic amines) is 1. The summed E-state index contributed by atoms with van der Waals surface area (Å²) in [5, 5.41) is 11.4. The standard InChI is InChI=1S/C39H56N6O6/c1-8-18-41-34(49)29(46)26(21-23-12-13-23)42-33(48)28-27-25(38(27,5)6)22-45(28)36(51)31(37(2,3)4)44-35(50)30(39(7)16-10-9-11-17-39)43-32(47)24-14-19-40-20-15-24/h8,14-15,19-20,23,25-28,30-31H,1,9-13,16-18,21-22H2,2-7H3,(H,41,49)(H,42,48)(H,43,47)(H,44,50)/t25?,26?,27?,28-,30+,31+/m0/s1. The van der Waals surface area contributed by atoms with E-state index in [1.165, 1.54) is 18.5 Å². The minimum Gasteiger partial charge on any atom is -0.346 e. The fraction of sp³-hybridized carbons (Fsp3) is 0.667. The normalized spacial score (nSPS) is 24.9. The number of pyridine rings is 1. The molecule has 4 aliphatic rings. The van der Waals surface area contributed by atoms with E-state index in [0.29, 0.717) is 18.5 Å². The molecule has 4 N–H and O–H groups in total. The van der Waals surface area contributed by atoms with Crippen LogP contribution in [-0.4, -0.2) is 82.5 Å². The van der Waals surface area contributed by atoms with Crippen LogP contribution < -0.4 is 21.3 Å². The van der Waals surface area contributed by atoms with E-state index in [9.17, 15) is 28.8 Å². The molecule has 3 unspecified atom stereocenters. The Morgan fingerprint density at radius 2 is 1.63 bits per heavy atom. The molecule has 1 aromatic rings.